The summed E-state index contributed by atoms with van der Waals surface area (Å²) in [5.41, 5.74) is 2.48. The van der Waals surface area contributed by atoms with E-state index in [1.807, 2.05) is 24.6 Å². The lowest BCUT2D eigenvalue weighted by Crippen LogP contribution is -2.37. The highest BCUT2D eigenvalue weighted by atomic mass is 16.5. The molecule has 0 atom stereocenters. The number of nitrogens with one attached hydrogen (secondary N) is 1. The topological polar surface area (TPSA) is 68.6 Å². The molecule has 2 aliphatic rings. The minimum atomic E-state index is 0.00849. The van der Waals surface area contributed by atoms with Gasteiger partial charge in [0.2, 0.25) is 5.91 Å². The van der Waals surface area contributed by atoms with Gasteiger partial charge in [0, 0.05) is 19.2 Å². The Morgan fingerprint density at radius 3 is 2.53 bits per heavy atom. The maximum absolute atomic E-state index is 12.7. The number of benzene rings is 1. The number of ether oxygens (including phenoxy) is 2. The normalized spacial score (nSPS) is 17.0. The van der Waals surface area contributed by atoms with Gasteiger partial charge < -0.3 is 14.8 Å². The quantitative estimate of drug-likeness (QED) is 0.714. The van der Waals surface area contributed by atoms with E-state index in [1.54, 1.807) is 6.20 Å². The Hall–Kier alpha value is -2.54. The summed E-state index contributed by atoms with van der Waals surface area (Å²) in [6, 6.07) is 6.48. The van der Waals surface area contributed by atoms with Crippen molar-refractivity contribution in [2.75, 3.05) is 31.6 Å². The third kappa shape index (κ3) is 4.61. The number of carbonyl (C=O) groups is 1. The molecule has 0 radical (unpaired) electrons. The van der Waals surface area contributed by atoms with E-state index in [0.717, 1.165) is 49.7 Å². The van der Waals surface area contributed by atoms with E-state index in [9.17, 15) is 4.79 Å². The molecule has 1 N–H and O–H groups in total. The van der Waals surface area contributed by atoms with Gasteiger partial charge >= 0.3 is 0 Å². The molecule has 0 unspecified atom stereocenters. The highest BCUT2D eigenvalue weighted by Crippen LogP contribution is 2.34. The van der Waals surface area contributed by atoms with Crippen molar-refractivity contribution in [2.45, 2.75) is 58.5 Å². The van der Waals surface area contributed by atoms with Gasteiger partial charge in [0.25, 0.3) is 0 Å². The third-order valence-corrected chi connectivity index (χ3v) is 5.93. The van der Waals surface area contributed by atoms with Crippen LogP contribution in [-0.2, 0) is 17.8 Å². The first-order valence-corrected chi connectivity index (χ1v) is 11.1. The lowest BCUT2D eigenvalue weighted by atomic mass is 9.99. The molecule has 162 valence electrons. The maximum Gasteiger partial charge on any atom is 0.239 e. The molecule has 4 rings (SSSR count). The standard InChI is InChI=1S/C23H32N4O3/c1-3-29-20-13-17-10-12-26(15-18(17)14-21(20)30-4-2)16-23(28)25-22-9-11-24-27(22)19-7-5-6-8-19/h9,11,13-14,19H,3-8,10,12,15-16H2,1-2H3,(H,25,28). The minimum absolute atomic E-state index is 0.00849. The summed E-state index contributed by atoms with van der Waals surface area (Å²) in [6.07, 6.45) is 7.42. The van der Waals surface area contributed by atoms with Crippen molar-refractivity contribution >= 4 is 11.7 Å². The fraction of sp³-hybridized carbons (Fsp3) is 0.565. The summed E-state index contributed by atoms with van der Waals surface area (Å²) in [5, 5.41) is 7.51. The van der Waals surface area contributed by atoms with Crippen molar-refractivity contribution in [3.05, 3.63) is 35.5 Å². The molecule has 0 spiro atoms. The molecule has 1 aromatic carbocycles. The fourth-order valence-electron chi connectivity index (χ4n) is 4.53. The number of carbonyl (C=O) groups excluding carboxylic acids is 1. The predicted octanol–water partition coefficient (Wildman–Crippen LogP) is 3.79. The zero-order valence-electron chi connectivity index (χ0n) is 18.0. The number of fused-ring (bicyclic) bond motifs is 1. The first-order valence-electron chi connectivity index (χ1n) is 11.1. The molecular weight excluding hydrogens is 380 g/mol. The lowest BCUT2D eigenvalue weighted by Gasteiger charge is -2.29. The molecule has 7 nitrogen and oxygen atoms in total. The number of anilines is 1. The highest BCUT2D eigenvalue weighted by molar-refractivity contribution is 5.91. The fourth-order valence-corrected chi connectivity index (χ4v) is 4.53. The van der Waals surface area contributed by atoms with Crippen LogP contribution in [0.2, 0.25) is 0 Å². The number of hydrogen-bond donors (Lipinski definition) is 1. The Labute approximate surface area is 178 Å². The van der Waals surface area contributed by atoms with E-state index in [4.69, 9.17) is 9.47 Å². The Morgan fingerprint density at radius 1 is 1.13 bits per heavy atom. The van der Waals surface area contributed by atoms with Crippen LogP contribution in [0.25, 0.3) is 0 Å². The summed E-state index contributed by atoms with van der Waals surface area (Å²) in [7, 11) is 0. The highest BCUT2D eigenvalue weighted by Gasteiger charge is 2.23. The second-order valence-corrected chi connectivity index (χ2v) is 8.04. The number of rotatable bonds is 8. The average Bonchev–Trinajstić information content (AvgIpc) is 3.40. The van der Waals surface area contributed by atoms with Crippen LogP contribution in [0.1, 0.15) is 56.7 Å². The van der Waals surface area contributed by atoms with Crippen molar-refractivity contribution in [1.29, 1.82) is 0 Å². The SMILES string of the molecule is CCOc1cc2c(cc1OCC)CN(CC(=O)Nc1ccnn1C1CCCC1)CC2. The zero-order valence-corrected chi connectivity index (χ0v) is 18.0. The summed E-state index contributed by atoms with van der Waals surface area (Å²) in [5.74, 6) is 2.41. The molecule has 7 heteroatoms. The number of aromatic nitrogens is 2. The van der Waals surface area contributed by atoms with Gasteiger partial charge in [0.05, 0.1) is 32.0 Å². The third-order valence-electron chi connectivity index (χ3n) is 5.93. The molecule has 1 fully saturated rings. The molecule has 1 amide bonds. The van der Waals surface area contributed by atoms with Crippen LogP contribution in [0.3, 0.4) is 0 Å². The van der Waals surface area contributed by atoms with E-state index in [1.165, 1.54) is 24.0 Å². The van der Waals surface area contributed by atoms with Gasteiger partial charge in [-0.05, 0) is 56.4 Å². The minimum Gasteiger partial charge on any atom is -0.490 e. The second-order valence-electron chi connectivity index (χ2n) is 8.04. The van der Waals surface area contributed by atoms with Crippen molar-refractivity contribution < 1.29 is 14.3 Å². The molecule has 1 aromatic heterocycles. The Balaban J connectivity index is 1.39. The Bertz CT molecular complexity index is 873. The monoisotopic (exact) mass is 412 g/mol. The summed E-state index contributed by atoms with van der Waals surface area (Å²) in [4.78, 5) is 14.9. The van der Waals surface area contributed by atoms with Gasteiger partial charge in [-0.15, -0.1) is 0 Å². The van der Waals surface area contributed by atoms with Crippen LogP contribution < -0.4 is 14.8 Å². The molecule has 0 saturated heterocycles. The first kappa shape index (κ1) is 20.7. The van der Waals surface area contributed by atoms with Crippen LogP contribution >= 0.6 is 0 Å². The van der Waals surface area contributed by atoms with Gasteiger partial charge in [0.1, 0.15) is 5.82 Å². The van der Waals surface area contributed by atoms with Gasteiger partial charge in [-0.1, -0.05) is 12.8 Å². The maximum atomic E-state index is 12.7. The molecule has 1 aliphatic carbocycles. The summed E-state index contributed by atoms with van der Waals surface area (Å²) in [6.45, 7) is 7.12. The molecule has 2 aromatic rings. The van der Waals surface area contributed by atoms with E-state index in [-0.39, 0.29) is 5.91 Å². The smallest absolute Gasteiger partial charge is 0.239 e. The largest absolute Gasteiger partial charge is 0.490 e. The molecule has 1 aliphatic heterocycles. The van der Waals surface area contributed by atoms with Crippen molar-refractivity contribution in [3.8, 4) is 11.5 Å². The lowest BCUT2D eigenvalue weighted by molar-refractivity contribution is -0.117. The van der Waals surface area contributed by atoms with Crippen molar-refractivity contribution in [1.82, 2.24) is 14.7 Å². The van der Waals surface area contributed by atoms with Gasteiger partial charge in [0.15, 0.2) is 11.5 Å². The first-order chi connectivity index (χ1) is 14.7. The van der Waals surface area contributed by atoms with Gasteiger partial charge in [-0.3, -0.25) is 9.69 Å². The van der Waals surface area contributed by atoms with Crippen LogP contribution in [0.5, 0.6) is 11.5 Å². The molecule has 2 heterocycles. The number of amides is 1. The summed E-state index contributed by atoms with van der Waals surface area (Å²) >= 11 is 0. The van der Waals surface area contributed by atoms with Gasteiger partial charge in [-0.25, -0.2) is 4.68 Å². The number of nitrogens with zero attached hydrogens (tertiary/aromatic N) is 3. The molecule has 1 saturated carbocycles. The van der Waals surface area contributed by atoms with Crippen LogP contribution in [-0.4, -0.2) is 46.9 Å². The van der Waals surface area contributed by atoms with Crippen molar-refractivity contribution in [2.24, 2.45) is 0 Å². The van der Waals surface area contributed by atoms with E-state index in [2.05, 4.69) is 27.4 Å². The van der Waals surface area contributed by atoms with Crippen molar-refractivity contribution in [3.63, 3.8) is 0 Å². The Kier molecular flexibility index (Phi) is 6.57. The Morgan fingerprint density at radius 2 is 1.83 bits per heavy atom. The van der Waals surface area contributed by atoms with E-state index in [0.29, 0.717) is 25.8 Å². The molecular formula is C23H32N4O3. The zero-order chi connectivity index (χ0) is 20.9. The van der Waals surface area contributed by atoms with Gasteiger partial charge in [-0.2, -0.15) is 5.10 Å². The second kappa shape index (κ2) is 9.51. The molecule has 30 heavy (non-hydrogen) atoms. The number of hydrogen-bond acceptors (Lipinski definition) is 5. The average molecular weight is 413 g/mol. The summed E-state index contributed by atoms with van der Waals surface area (Å²) < 4.78 is 13.5. The van der Waals surface area contributed by atoms with Crippen LogP contribution in [0.4, 0.5) is 5.82 Å². The van der Waals surface area contributed by atoms with Crippen LogP contribution in [0.15, 0.2) is 24.4 Å². The molecule has 0 bridgehead atoms. The van der Waals surface area contributed by atoms with E-state index >= 15 is 0 Å². The van der Waals surface area contributed by atoms with E-state index < -0.39 is 0 Å². The van der Waals surface area contributed by atoms with Crippen LogP contribution in [0, 0.1) is 0 Å². The predicted molar refractivity (Wildman–Crippen MR) is 116 cm³/mol.